The third kappa shape index (κ3) is 5.22. The van der Waals surface area contributed by atoms with Crippen LogP contribution in [0.25, 0.3) is 0 Å². The zero-order valence-corrected chi connectivity index (χ0v) is 18.3. The Morgan fingerprint density at radius 3 is 2.50 bits per heavy atom. The number of hydrogen-bond donors (Lipinski definition) is 0. The summed E-state index contributed by atoms with van der Waals surface area (Å²) < 4.78 is 41.9. The number of oxime groups is 1. The molecular weight excluding hydrogens is 408 g/mol. The van der Waals surface area contributed by atoms with Crippen LogP contribution in [0.5, 0.6) is 17.2 Å². The van der Waals surface area contributed by atoms with Crippen molar-refractivity contribution in [2.45, 2.75) is 19.1 Å². The van der Waals surface area contributed by atoms with Gasteiger partial charge in [0.25, 0.3) is 0 Å². The van der Waals surface area contributed by atoms with Crippen LogP contribution >= 0.6 is 0 Å². The third-order valence-electron chi connectivity index (χ3n) is 4.82. The van der Waals surface area contributed by atoms with E-state index >= 15 is 0 Å². The summed E-state index contributed by atoms with van der Waals surface area (Å²) in [5.41, 5.74) is 2.41. The van der Waals surface area contributed by atoms with Gasteiger partial charge in [-0.3, -0.25) is 0 Å². The molecule has 162 valence electrons. The van der Waals surface area contributed by atoms with Gasteiger partial charge in [0.1, 0.15) is 11.9 Å². The molecule has 30 heavy (non-hydrogen) atoms. The van der Waals surface area contributed by atoms with Crippen LogP contribution in [0.3, 0.4) is 0 Å². The summed E-state index contributed by atoms with van der Waals surface area (Å²) in [6, 6.07) is 12.8. The molecule has 0 saturated carbocycles. The number of ether oxygens (including phenoxy) is 3. The second-order valence-corrected chi connectivity index (χ2v) is 8.93. The first-order chi connectivity index (χ1) is 14.3. The van der Waals surface area contributed by atoms with Crippen molar-refractivity contribution in [2.75, 3.05) is 34.1 Å². The van der Waals surface area contributed by atoms with Crippen molar-refractivity contribution in [2.24, 2.45) is 5.16 Å². The number of sulfonamides is 1. The highest BCUT2D eigenvalue weighted by molar-refractivity contribution is 7.88. The first kappa shape index (κ1) is 21.9. The fourth-order valence-electron chi connectivity index (χ4n) is 3.23. The standard InChI is InChI=1S/C21H26N2O6S/c1-26-17-7-5-6-15(10-17)13-23(30(4,24)25)14-18-12-19(22-29-18)16-8-9-20(27-2)21(11-16)28-3/h5-11,18H,12-14H2,1-4H3. The minimum Gasteiger partial charge on any atom is -0.497 e. The van der Waals surface area contributed by atoms with Crippen LogP contribution in [-0.4, -0.2) is 58.7 Å². The topological polar surface area (TPSA) is 86.7 Å². The number of benzene rings is 2. The highest BCUT2D eigenvalue weighted by atomic mass is 32.2. The van der Waals surface area contributed by atoms with E-state index in [0.29, 0.717) is 23.7 Å². The maximum atomic E-state index is 12.4. The van der Waals surface area contributed by atoms with Gasteiger partial charge in [-0.25, -0.2) is 8.42 Å². The molecule has 0 saturated heterocycles. The van der Waals surface area contributed by atoms with Crippen LogP contribution in [-0.2, 0) is 21.4 Å². The molecule has 0 N–H and O–H groups in total. The molecule has 3 rings (SSSR count). The molecule has 1 aliphatic rings. The maximum absolute atomic E-state index is 12.4. The summed E-state index contributed by atoms with van der Waals surface area (Å²) >= 11 is 0. The Hall–Kier alpha value is -2.78. The van der Waals surface area contributed by atoms with E-state index in [2.05, 4.69) is 5.16 Å². The first-order valence-electron chi connectivity index (χ1n) is 9.37. The molecule has 1 heterocycles. The summed E-state index contributed by atoms with van der Waals surface area (Å²) in [5, 5.41) is 4.17. The second-order valence-electron chi connectivity index (χ2n) is 6.95. The van der Waals surface area contributed by atoms with Gasteiger partial charge in [0.2, 0.25) is 10.0 Å². The number of nitrogens with zero attached hydrogens (tertiary/aromatic N) is 2. The van der Waals surface area contributed by atoms with Gasteiger partial charge in [0, 0.05) is 18.5 Å². The van der Waals surface area contributed by atoms with Crippen molar-refractivity contribution in [1.82, 2.24) is 4.31 Å². The fraction of sp³-hybridized carbons (Fsp3) is 0.381. The Kier molecular flexibility index (Phi) is 6.84. The van der Waals surface area contributed by atoms with E-state index < -0.39 is 10.0 Å². The Morgan fingerprint density at radius 2 is 1.83 bits per heavy atom. The molecule has 2 aromatic carbocycles. The molecule has 9 heteroatoms. The molecule has 0 amide bonds. The SMILES string of the molecule is COc1cccc(CN(CC2CC(c3ccc(OC)c(OC)c3)=NO2)S(C)(=O)=O)c1. The zero-order chi connectivity index (χ0) is 21.7. The van der Waals surface area contributed by atoms with Gasteiger partial charge in [0.05, 0.1) is 39.8 Å². The quantitative estimate of drug-likeness (QED) is 0.603. The highest BCUT2D eigenvalue weighted by Crippen LogP contribution is 2.30. The van der Waals surface area contributed by atoms with E-state index in [1.165, 1.54) is 10.6 Å². The molecule has 0 aliphatic carbocycles. The van der Waals surface area contributed by atoms with Gasteiger partial charge in [-0.15, -0.1) is 0 Å². The molecule has 0 spiro atoms. The van der Waals surface area contributed by atoms with Crippen LogP contribution in [0.1, 0.15) is 17.5 Å². The number of rotatable bonds is 9. The van der Waals surface area contributed by atoms with Crippen LogP contribution in [0.2, 0.25) is 0 Å². The van der Waals surface area contributed by atoms with E-state index in [9.17, 15) is 8.42 Å². The lowest BCUT2D eigenvalue weighted by Crippen LogP contribution is -2.36. The molecule has 2 aromatic rings. The van der Waals surface area contributed by atoms with Gasteiger partial charge in [-0.2, -0.15) is 4.31 Å². The van der Waals surface area contributed by atoms with E-state index in [1.807, 2.05) is 36.4 Å². The van der Waals surface area contributed by atoms with Crippen LogP contribution in [0, 0.1) is 0 Å². The van der Waals surface area contributed by atoms with Gasteiger partial charge >= 0.3 is 0 Å². The predicted octanol–water partition coefficient (Wildman–Crippen LogP) is 2.67. The van der Waals surface area contributed by atoms with Crippen LogP contribution < -0.4 is 14.2 Å². The first-order valence-corrected chi connectivity index (χ1v) is 11.2. The fourth-order valence-corrected chi connectivity index (χ4v) is 4.05. The average Bonchev–Trinajstić information content (AvgIpc) is 3.21. The molecule has 0 bridgehead atoms. The van der Waals surface area contributed by atoms with Crippen LogP contribution in [0.4, 0.5) is 0 Å². The Morgan fingerprint density at radius 1 is 1.07 bits per heavy atom. The molecule has 0 fully saturated rings. The summed E-state index contributed by atoms with van der Waals surface area (Å²) in [6.45, 7) is 0.415. The smallest absolute Gasteiger partial charge is 0.211 e. The minimum absolute atomic E-state index is 0.191. The van der Waals surface area contributed by atoms with E-state index in [1.54, 1.807) is 27.4 Å². The van der Waals surface area contributed by atoms with Gasteiger partial charge < -0.3 is 19.0 Å². The summed E-state index contributed by atoms with van der Waals surface area (Å²) in [5.74, 6) is 1.90. The lowest BCUT2D eigenvalue weighted by Gasteiger charge is -2.22. The Labute approximate surface area is 177 Å². The van der Waals surface area contributed by atoms with E-state index in [-0.39, 0.29) is 19.2 Å². The molecular formula is C21H26N2O6S. The highest BCUT2D eigenvalue weighted by Gasteiger charge is 2.29. The predicted molar refractivity (Wildman–Crippen MR) is 114 cm³/mol. The lowest BCUT2D eigenvalue weighted by atomic mass is 10.0. The Balaban J connectivity index is 1.70. The van der Waals surface area contributed by atoms with Crippen molar-refractivity contribution in [3.8, 4) is 17.2 Å². The summed E-state index contributed by atoms with van der Waals surface area (Å²) in [7, 11) is 1.27. The largest absolute Gasteiger partial charge is 0.497 e. The van der Waals surface area contributed by atoms with Crippen molar-refractivity contribution < 1.29 is 27.5 Å². The molecule has 0 radical (unpaired) electrons. The monoisotopic (exact) mass is 434 g/mol. The second kappa shape index (κ2) is 9.36. The third-order valence-corrected chi connectivity index (χ3v) is 6.04. The summed E-state index contributed by atoms with van der Waals surface area (Å²) in [4.78, 5) is 5.54. The van der Waals surface area contributed by atoms with Crippen molar-refractivity contribution in [3.63, 3.8) is 0 Å². The average molecular weight is 435 g/mol. The molecule has 1 atom stereocenters. The minimum atomic E-state index is -3.45. The van der Waals surface area contributed by atoms with Crippen molar-refractivity contribution in [3.05, 3.63) is 53.6 Å². The van der Waals surface area contributed by atoms with Crippen molar-refractivity contribution >= 4 is 15.7 Å². The number of methoxy groups -OCH3 is 3. The van der Waals surface area contributed by atoms with Gasteiger partial charge in [-0.05, 0) is 35.9 Å². The van der Waals surface area contributed by atoms with E-state index in [0.717, 1.165) is 16.8 Å². The van der Waals surface area contributed by atoms with Crippen molar-refractivity contribution in [1.29, 1.82) is 0 Å². The van der Waals surface area contributed by atoms with Gasteiger partial charge in [0.15, 0.2) is 11.5 Å². The van der Waals surface area contributed by atoms with Crippen LogP contribution in [0.15, 0.2) is 47.6 Å². The molecule has 8 nitrogen and oxygen atoms in total. The number of hydrogen-bond acceptors (Lipinski definition) is 7. The summed E-state index contributed by atoms with van der Waals surface area (Å²) in [6.07, 6.45) is 1.30. The molecule has 0 aromatic heterocycles. The Bertz CT molecular complexity index is 1020. The van der Waals surface area contributed by atoms with Gasteiger partial charge in [-0.1, -0.05) is 17.3 Å². The molecule has 1 unspecified atom stereocenters. The van der Waals surface area contributed by atoms with E-state index in [4.69, 9.17) is 19.0 Å². The lowest BCUT2D eigenvalue weighted by molar-refractivity contribution is 0.0695. The zero-order valence-electron chi connectivity index (χ0n) is 17.5. The normalized spacial score (nSPS) is 16.2. The molecule has 1 aliphatic heterocycles. The maximum Gasteiger partial charge on any atom is 0.211 e.